The average Bonchev–Trinajstić information content (AvgIpc) is 2.91. The van der Waals surface area contributed by atoms with Crippen molar-refractivity contribution in [3.8, 4) is 5.75 Å². The summed E-state index contributed by atoms with van der Waals surface area (Å²) < 4.78 is 11.5. The van der Waals surface area contributed by atoms with Crippen LogP contribution in [0.2, 0.25) is 0 Å². The molecule has 116 valence electrons. The van der Waals surface area contributed by atoms with Crippen molar-refractivity contribution in [2.75, 3.05) is 6.61 Å². The van der Waals surface area contributed by atoms with E-state index in [4.69, 9.17) is 9.47 Å². The minimum atomic E-state index is -0.454. The van der Waals surface area contributed by atoms with Gasteiger partial charge >= 0.3 is 5.97 Å². The molecule has 1 aliphatic heterocycles. The summed E-state index contributed by atoms with van der Waals surface area (Å²) in [4.78, 5) is 16.3. The SMILES string of the molecule is CCOc1ccc(/C=C2/N=C(c3ccccc3Br)OC2=O)cc1. The van der Waals surface area contributed by atoms with Crippen molar-refractivity contribution in [3.05, 3.63) is 69.8 Å². The maximum atomic E-state index is 12.0. The highest BCUT2D eigenvalue weighted by Gasteiger charge is 2.25. The van der Waals surface area contributed by atoms with Gasteiger partial charge in [-0.3, -0.25) is 0 Å². The van der Waals surface area contributed by atoms with E-state index in [2.05, 4.69) is 20.9 Å². The van der Waals surface area contributed by atoms with Gasteiger partial charge in [0.15, 0.2) is 5.70 Å². The number of cyclic esters (lactones) is 1. The molecule has 1 aliphatic rings. The zero-order valence-electron chi connectivity index (χ0n) is 12.5. The molecule has 0 atom stereocenters. The van der Waals surface area contributed by atoms with Crippen molar-refractivity contribution < 1.29 is 14.3 Å². The van der Waals surface area contributed by atoms with Gasteiger partial charge in [0.05, 0.1) is 12.2 Å². The summed E-state index contributed by atoms with van der Waals surface area (Å²) >= 11 is 3.43. The fraction of sp³-hybridized carbons (Fsp3) is 0.111. The lowest BCUT2D eigenvalue weighted by atomic mass is 10.2. The van der Waals surface area contributed by atoms with Gasteiger partial charge in [-0.2, -0.15) is 0 Å². The number of carbonyl (C=O) groups is 1. The summed E-state index contributed by atoms with van der Waals surface area (Å²) in [6, 6.07) is 14.9. The van der Waals surface area contributed by atoms with Crippen molar-refractivity contribution in [2.45, 2.75) is 6.92 Å². The van der Waals surface area contributed by atoms with Gasteiger partial charge in [-0.15, -0.1) is 0 Å². The lowest BCUT2D eigenvalue weighted by molar-refractivity contribution is -0.129. The van der Waals surface area contributed by atoms with Crippen LogP contribution in [0.3, 0.4) is 0 Å². The van der Waals surface area contributed by atoms with Crippen molar-refractivity contribution in [1.29, 1.82) is 0 Å². The van der Waals surface area contributed by atoms with E-state index in [0.29, 0.717) is 12.5 Å². The van der Waals surface area contributed by atoms with Gasteiger partial charge in [-0.1, -0.05) is 24.3 Å². The average molecular weight is 372 g/mol. The van der Waals surface area contributed by atoms with Crippen LogP contribution in [-0.4, -0.2) is 18.5 Å². The monoisotopic (exact) mass is 371 g/mol. The molecule has 0 aliphatic carbocycles. The van der Waals surface area contributed by atoms with Crippen LogP contribution >= 0.6 is 15.9 Å². The molecule has 1 heterocycles. The summed E-state index contributed by atoms with van der Waals surface area (Å²) in [5, 5.41) is 0. The standard InChI is InChI=1S/C18H14BrNO3/c1-2-22-13-9-7-12(8-10-13)11-16-18(21)23-17(20-16)14-5-3-4-6-15(14)19/h3-11H,2H2,1H3/b16-11+. The predicted molar refractivity (Wildman–Crippen MR) is 92.4 cm³/mol. The van der Waals surface area contributed by atoms with Crippen LogP contribution in [0.15, 0.2) is 63.7 Å². The Kier molecular flexibility index (Phi) is 4.57. The molecule has 0 saturated heterocycles. The Morgan fingerprint density at radius 3 is 2.61 bits per heavy atom. The maximum absolute atomic E-state index is 12.0. The number of rotatable bonds is 4. The molecule has 3 rings (SSSR count). The first kappa shape index (κ1) is 15.5. The first-order chi connectivity index (χ1) is 11.2. The predicted octanol–water partition coefficient (Wildman–Crippen LogP) is 4.19. The molecular weight excluding hydrogens is 358 g/mol. The number of aliphatic imine (C=N–C) groups is 1. The van der Waals surface area contributed by atoms with E-state index in [1.807, 2.05) is 55.5 Å². The summed E-state index contributed by atoms with van der Waals surface area (Å²) in [6.45, 7) is 2.55. The number of halogens is 1. The van der Waals surface area contributed by atoms with E-state index >= 15 is 0 Å². The van der Waals surface area contributed by atoms with E-state index in [0.717, 1.165) is 21.3 Å². The fourth-order valence-corrected chi connectivity index (χ4v) is 2.60. The molecule has 0 saturated carbocycles. The summed E-state index contributed by atoms with van der Waals surface area (Å²) in [7, 11) is 0. The maximum Gasteiger partial charge on any atom is 0.363 e. The fourth-order valence-electron chi connectivity index (χ4n) is 2.14. The number of hydrogen-bond donors (Lipinski definition) is 0. The zero-order chi connectivity index (χ0) is 16.2. The number of carbonyl (C=O) groups excluding carboxylic acids is 1. The minimum Gasteiger partial charge on any atom is -0.494 e. The van der Waals surface area contributed by atoms with Crippen LogP contribution < -0.4 is 4.74 Å². The van der Waals surface area contributed by atoms with Gasteiger partial charge in [0.2, 0.25) is 5.90 Å². The van der Waals surface area contributed by atoms with Gasteiger partial charge in [-0.25, -0.2) is 9.79 Å². The second-order valence-corrected chi connectivity index (χ2v) is 5.67. The van der Waals surface area contributed by atoms with Gasteiger partial charge < -0.3 is 9.47 Å². The number of ether oxygens (including phenoxy) is 2. The molecule has 0 aromatic heterocycles. The molecule has 2 aromatic carbocycles. The number of benzene rings is 2. The Hall–Kier alpha value is -2.40. The molecule has 4 nitrogen and oxygen atoms in total. The molecule has 0 radical (unpaired) electrons. The molecule has 2 aromatic rings. The third-order valence-corrected chi connectivity index (χ3v) is 3.91. The number of esters is 1. The smallest absolute Gasteiger partial charge is 0.363 e. The Morgan fingerprint density at radius 2 is 1.91 bits per heavy atom. The van der Waals surface area contributed by atoms with Crippen LogP contribution in [0.1, 0.15) is 18.1 Å². The lowest BCUT2D eigenvalue weighted by Crippen LogP contribution is -2.05. The molecule has 0 bridgehead atoms. The summed E-state index contributed by atoms with van der Waals surface area (Å²) in [6.07, 6.45) is 1.70. The largest absolute Gasteiger partial charge is 0.494 e. The highest BCUT2D eigenvalue weighted by atomic mass is 79.9. The first-order valence-electron chi connectivity index (χ1n) is 7.17. The normalized spacial score (nSPS) is 15.5. The lowest BCUT2D eigenvalue weighted by Gasteiger charge is -2.02. The molecule has 0 amide bonds. The molecule has 0 fully saturated rings. The number of hydrogen-bond acceptors (Lipinski definition) is 4. The second-order valence-electron chi connectivity index (χ2n) is 4.82. The van der Waals surface area contributed by atoms with Crippen LogP contribution in [-0.2, 0) is 9.53 Å². The highest BCUT2D eigenvalue weighted by Crippen LogP contribution is 2.24. The summed E-state index contributed by atoms with van der Waals surface area (Å²) in [5.41, 5.74) is 1.88. The van der Waals surface area contributed by atoms with Crippen LogP contribution in [0.25, 0.3) is 6.08 Å². The van der Waals surface area contributed by atoms with Gasteiger partial charge in [0.1, 0.15) is 5.75 Å². The quantitative estimate of drug-likeness (QED) is 0.597. The molecule has 0 unspecified atom stereocenters. The summed E-state index contributed by atoms with van der Waals surface area (Å²) in [5.74, 6) is 0.644. The van der Waals surface area contributed by atoms with Crippen molar-refractivity contribution in [2.24, 2.45) is 4.99 Å². The first-order valence-corrected chi connectivity index (χ1v) is 7.97. The van der Waals surface area contributed by atoms with E-state index in [1.54, 1.807) is 6.08 Å². The Labute approximate surface area is 142 Å². The molecule has 0 spiro atoms. The van der Waals surface area contributed by atoms with Crippen molar-refractivity contribution >= 4 is 33.9 Å². The van der Waals surface area contributed by atoms with E-state index in [9.17, 15) is 4.79 Å². The Bertz CT molecular complexity index is 794. The topological polar surface area (TPSA) is 47.9 Å². The van der Waals surface area contributed by atoms with Crippen molar-refractivity contribution in [1.82, 2.24) is 0 Å². The third-order valence-electron chi connectivity index (χ3n) is 3.22. The molecular formula is C18H14BrNO3. The van der Waals surface area contributed by atoms with E-state index < -0.39 is 5.97 Å². The highest BCUT2D eigenvalue weighted by molar-refractivity contribution is 9.10. The second kappa shape index (κ2) is 6.79. The molecule has 23 heavy (non-hydrogen) atoms. The van der Waals surface area contributed by atoms with Gasteiger partial charge in [0.25, 0.3) is 0 Å². The van der Waals surface area contributed by atoms with E-state index in [1.165, 1.54) is 0 Å². The minimum absolute atomic E-state index is 0.278. The zero-order valence-corrected chi connectivity index (χ0v) is 14.0. The van der Waals surface area contributed by atoms with Gasteiger partial charge in [0, 0.05) is 4.47 Å². The Morgan fingerprint density at radius 1 is 1.17 bits per heavy atom. The number of nitrogens with zero attached hydrogens (tertiary/aromatic N) is 1. The van der Waals surface area contributed by atoms with E-state index in [-0.39, 0.29) is 5.70 Å². The molecule has 0 N–H and O–H groups in total. The Balaban J connectivity index is 1.87. The van der Waals surface area contributed by atoms with Crippen LogP contribution in [0.4, 0.5) is 0 Å². The van der Waals surface area contributed by atoms with Crippen LogP contribution in [0, 0.1) is 0 Å². The van der Waals surface area contributed by atoms with Crippen molar-refractivity contribution in [3.63, 3.8) is 0 Å². The third kappa shape index (κ3) is 3.51. The molecule has 5 heteroatoms. The van der Waals surface area contributed by atoms with Crippen LogP contribution in [0.5, 0.6) is 5.75 Å². The van der Waals surface area contributed by atoms with Gasteiger partial charge in [-0.05, 0) is 58.8 Å².